The van der Waals surface area contributed by atoms with Gasteiger partial charge in [-0.05, 0) is 12.0 Å². The van der Waals surface area contributed by atoms with E-state index in [4.69, 9.17) is 0 Å². The highest BCUT2D eigenvalue weighted by Crippen LogP contribution is 2.38. The van der Waals surface area contributed by atoms with Crippen LogP contribution in [0.25, 0.3) is 5.69 Å². The van der Waals surface area contributed by atoms with E-state index in [-0.39, 0.29) is 5.41 Å². The van der Waals surface area contributed by atoms with Gasteiger partial charge in [0.05, 0.1) is 5.69 Å². The maximum Gasteiger partial charge on any atom is 0.200 e. The van der Waals surface area contributed by atoms with Crippen LogP contribution in [0.15, 0.2) is 30.5 Å². The Hall–Kier alpha value is -1.57. The van der Waals surface area contributed by atoms with Crippen LogP contribution in [0.2, 0.25) is 0 Å². The van der Waals surface area contributed by atoms with Crippen LogP contribution in [0.5, 0.6) is 0 Å². The van der Waals surface area contributed by atoms with Crippen LogP contribution in [0.3, 0.4) is 0 Å². The number of hydrogen-bond acceptors (Lipinski definition) is 0. The topological polar surface area (TPSA) is 8.81 Å². The second kappa shape index (κ2) is 2.40. The van der Waals surface area contributed by atoms with Gasteiger partial charge in [0, 0.05) is 17.0 Å². The van der Waals surface area contributed by atoms with E-state index in [9.17, 15) is 0 Å². The zero-order valence-electron chi connectivity index (χ0n) is 9.70. The van der Waals surface area contributed by atoms with E-state index in [1.54, 1.807) is 0 Å². The first-order valence-corrected chi connectivity index (χ1v) is 5.90. The summed E-state index contributed by atoms with van der Waals surface area (Å²) in [5.74, 6) is 0. The highest BCUT2D eigenvalue weighted by atomic mass is 15.4. The van der Waals surface area contributed by atoms with Gasteiger partial charge in [-0.3, -0.25) is 0 Å². The molecule has 0 amide bonds. The molecule has 0 atom stereocenters. The molecule has 3 heterocycles. The molecule has 2 aliphatic heterocycles. The third kappa shape index (κ3) is 0.823. The molecule has 2 aliphatic rings. The Morgan fingerprint density at radius 3 is 2.88 bits per heavy atom. The van der Waals surface area contributed by atoms with Crippen molar-refractivity contribution in [3.8, 4) is 5.69 Å². The quantitative estimate of drug-likeness (QED) is 0.503. The molecule has 1 aromatic heterocycles. The normalized spacial score (nSPS) is 18.6. The van der Waals surface area contributed by atoms with Crippen LogP contribution < -0.4 is 4.68 Å². The smallest absolute Gasteiger partial charge is 0.124 e. The minimum absolute atomic E-state index is 0.251. The van der Waals surface area contributed by atoms with Gasteiger partial charge in [0.15, 0.2) is 12.7 Å². The monoisotopic (exact) mass is 211 g/mol. The molecule has 0 radical (unpaired) electrons. The van der Waals surface area contributed by atoms with Crippen LogP contribution in [-0.2, 0) is 18.4 Å². The Labute approximate surface area is 95.1 Å². The zero-order valence-corrected chi connectivity index (χ0v) is 9.70. The lowest BCUT2D eigenvalue weighted by Crippen LogP contribution is -2.41. The van der Waals surface area contributed by atoms with Crippen LogP contribution in [0, 0.1) is 0 Å². The molecular formula is C14H15N2+. The first-order chi connectivity index (χ1) is 7.67. The highest BCUT2D eigenvalue weighted by Gasteiger charge is 2.40. The highest BCUT2D eigenvalue weighted by molar-refractivity contribution is 5.53. The van der Waals surface area contributed by atoms with Crippen molar-refractivity contribution in [2.24, 2.45) is 0 Å². The van der Waals surface area contributed by atoms with Gasteiger partial charge < -0.3 is 0 Å². The lowest BCUT2D eigenvalue weighted by Gasteiger charge is -2.29. The van der Waals surface area contributed by atoms with Crippen molar-refractivity contribution in [3.05, 3.63) is 47.3 Å². The number of hydrogen-bond donors (Lipinski definition) is 0. The fourth-order valence-corrected chi connectivity index (χ4v) is 3.24. The summed E-state index contributed by atoms with van der Waals surface area (Å²) in [6.07, 6.45) is 3.37. The number of nitrogens with zero attached hydrogens (tertiary/aromatic N) is 2. The van der Waals surface area contributed by atoms with Gasteiger partial charge in [0.1, 0.15) is 5.69 Å². The van der Waals surface area contributed by atoms with E-state index >= 15 is 0 Å². The van der Waals surface area contributed by atoms with Crippen molar-refractivity contribution >= 4 is 0 Å². The molecule has 0 aliphatic carbocycles. The number of para-hydroxylation sites is 1. The summed E-state index contributed by atoms with van der Waals surface area (Å²) in [7, 11) is 0. The molecule has 0 N–H and O–H groups in total. The summed E-state index contributed by atoms with van der Waals surface area (Å²) >= 11 is 0. The van der Waals surface area contributed by atoms with E-state index < -0.39 is 0 Å². The second-order valence-corrected chi connectivity index (χ2v) is 5.60. The largest absolute Gasteiger partial charge is 0.200 e. The summed E-state index contributed by atoms with van der Waals surface area (Å²) < 4.78 is 4.73. The van der Waals surface area contributed by atoms with Crippen molar-refractivity contribution in [2.45, 2.75) is 32.2 Å². The maximum absolute atomic E-state index is 2.41. The van der Waals surface area contributed by atoms with Gasteiger partial charge >= 0.3 is 0 Å². The summed E-state index contributed by atoms with van der Waals surface area (Å²) in [4.78, 5) is 0. The van der Waals surface area contributed by atoms with Crippen LogP contribution in [-0.4, -0.2) is 4.68 Å². The van der Waals surface area contributed by atoms with Gasteiger partial charge in [-0.15, -0.1) is 9.36 Å². The van der Waals surface area contributed by atoms with Crippen molar-refractivity contribution in [1.29, 1.82) is 0 Å². The number of rotatable bonds is 0. The maximum atomic E-state index is 2.41. The molecule has 0 saturated carbocycles. The molecule has 1 aromatic carbocycles. The molecule has 2 nitrogen and oxygen atoms in total. The van der Waals surface area contributed by atoms with Crippen molar-refractivity contribution < 1.29 is 4.68 Å². The Morgan fingerprint density at radius 1 is 1.19 bits per heavy atom. The third-order valence-electron chi connectivity index (χ3n) is 3.96. The predicted molar refractivity (Wildman–Crippen MR) is 61.8 cm³/mol. The fraction of sp³-hybridized carbons (Fsp3) is 0.357. The van der Waals surface area contributed by atoms with E-state index in [0.717, 1.165) is 13.0 Å². The second-order valence-electron chi connectivity index (χ2n) is 5.60. The summed E-state index contributed by atoms with van der Waals surface area (Å²) in [5, 5.41) is 0. The molecule has 16 heavy (non-hydrogen) atoms. The summed E-state index contributed by atoms with van der Waals surface area (Å²) in [6, 6.07) is 9.00. The molecule has 0 fully saturated rings. The van der Waals surface area contributed by atoms with E-state index in [2.05, 4.69) is 53.7 Å². The van der Waals surface area contributed by atoms with Gasteiger partial charge in [-0.1, -0.05) is 32.0 Å². The van der Waals surface area contributed by atoms with Crippen molar-refractivity contribution in [1.82, 2.24) is 4.68 Å². The van der Waals surface area contributed by atoms with Gasteiger partial charge in [0.2, 0.25) is 0 Å². The van der Waals surface area contributed by atoms with Crippen LogP contribution in [0.4, 0.5) is 0 Å². The Morgan fingerprint density at radius 2 is 2.00 bits per heavy atom. The van der Waals surface area contributed by atoms with Crippen molar-refractivity contribution in [2.75, 3.05) is 0 Å². The zero-order chi connectivity index (χ0) is 10.9. The van der Waals surface area contributed by atoms with Gasteiger partial charge in [0.25, 0.3) is 0 Å². The molecule has 0 bridgehead atoms. The average molecular weight is 211 g/mol. The van der Waals surface area contributed by atoms with E-state index in [1.807, 2.05) is 0 Å². The first kappa shape index (κ1) is 8.57. The Balaban J connectivity index is 2.16. The average Bonchev–Trinajstić information content (AvgIpc) is 2.73. The molecule has 0 spiro atoms. The Bertz CT molecular complexity index is 605. The molecular weight excluding hydrogens is 196 g/mol. The molecule has 80 valence electrons. The lowest BCUT2D eigenvalue weighted by atomic mass is 9.79. The van der Waals surface area contributed by atoms with Crippen LogP contribution >= 0.6 is 0 Å². The van der Waals surface area contributed by atoms with Crippen molar-refractivity contribution in [3.63, 3.8) is 0 Å². The lowest BCUT2D eigenvalue weighted by molar-refractivity contribution is -0.752. The standard InChI is InChI=1S/C14H15N2/c1-14(2)8-10-4-3-5-11-9-15-7-6-12(14)16(15)13(10)11/h3-7H,8-9H2,1-2H3/q+1. The molecule has 4 rings (SSSR count). The van der Waals surface area contributed by atoms with E-state index in [1.165, 1.54) is 22.5 Å². The first-order valence-electron chi connectivity index (χ1n) is 5.90. The SMILES string of the molecule is CC1(C)Cc2cccc3c2-n2c1cc[n+]2C3. The third-order valence-corrected chi connectivity index (χ3v) is 3.96. The van der Waals surface area contributed by atoms with E-state index in [0.29, 0.717) is 0 Å². The van der Waals surface area contributed by atoms with Gasteiger partial charge in [-0.25, -0.2) is 0 Å². The van der Waals surface area contributed by atoms with Crippen LogP contribution in [0.1, 0.15) is 30.7 Å². The molecule has 0 saturated heterocycles. The fourth-order valence-electron chi connectivity index (χ4n) is 3.24. The minimum atomic E-state index is 0.251. The molecule has 2 heteroatoms. The molecule has 0 unspecified atom stereocenters. The Kier molecular flexibility index (Phi) is 1.28. The molecule has 2 aromatic rings. The number of benzene rings is 1. The number of aromatic nitrogens is 2. The predicted octanol–water partition coefficient (Wildman–Crippen LogP) is 1.96. The van der Waals surface area contributed by atoms with Gasteiger partial charge in [-0.2, -0.15) is 0 Å². The minimum Gasteiger partial charge on any atom is -0.124 e. The summed E-state index contributed by atoms with van der Waals surface area (Å²) in [6.45, 7) is 5.70. The summed E-state index contributed by atoms with van der Waals surface area (Å²) in [5.41, 5.74) is 6.11.